The topological polar surface area (TPSA) is 73.2 Å². The number of carbonyl (C=O) groups is 2. The molecular formula is C21H23N3O3. The minimum absolute atomic E-state index is 0.0671. The number of benzene rings is 2. The molecule has 3 rings (SSSR count). The van der Waals surface area contributed by atoms with Crippen molar-refractivity contribution in [1.29, 1.82) is 0 Å². The third-order valence-corrected chi connectivity index (χ3v) is 4.63. The van der Waals surface area contributed by atoms with E-state index in [0.29, 0.717) is 24.3 Å². The smallest absolute Gasteiger partial charge is 0.255 e. The third kappa shape index (κ3) is 3.84. The predicted octanol–water partition coefficient (Wildman–Crippen LogP) is 3.17. The van der Waals surface area contributed by atoms with Crippen molar-refractivity contribution in [1.82, 2.24) is 14.9 Å². The van der Waals surface area contributed by atoms with Gasteiger partial charge in [-0.05, 0) is 38.1 Å². The summed E-state index contributed by atoms with van der Waals surface area (Å²) in [7, 11) is 1.54. The molecule has 6 heteroatoms. The molecule has 1 atom stereocenters. The molecule has 0 saturated heterocycles. The Morgan fingerprint density at radius 1 is 1.15 bits per heavy atom. The van der Waals surface area contributed by atoms with Gasteiger partial charge in [0.05, 0.1) is 29.7 Å². The maximum atomic E-state index is 12.4. The molecule has 3 aromatic rings. The molecule has 0 aliphatic heterocycles. The van der Waals surface area contributed by atoms with E-state index in [2.05, 4.69) is 10.3 Å². The van der Waals surface area contributed by atoms with Crippen LogP contribution in [0.15, 0.2) is 48.5 Å². The number of hydrogen-bond donors (Lipinski definition) is 1. The van der Waals surface area contributed by atoms with Crippen molar-refractivity contribution in [2.45, 2.75) is 26.3 Å². The number of amides is 1. The molecule has 1 aromatic heterocycles. The van der Waals surface area contributed by atoms with Crippen LogP contribution in [0.1, 0.15) is 36.1 Å². The van der Waals surface area contributed by atoms with Crippen molar-refractivity contribution in [2.75, 3.05) is 13.7 Å². The van der Waals surface area contributed by atoms with E-state index in [-0.39, 0.29) is 17.7 Å². The Balaban J connectivity index is 1.78. The standard InChI is InChI=1S/C21H23N3O3/c1-14(15(2)25)24-18-10-6-5-9-17(18)23-20(24)12-13-22-21(26)16-8-4-7-11-19(16)27-3/h4-11,14H,12-13H2,1-3H3,(H,22,26). The van der Waals surface area contributed by atoms with Crippen LogP contribution in [0.2, 0.25) is 0 Å². The van der Waals surface area contributed by atoms with Crippen LogP contribution in [-0.2, 0) is 11.2 Å². The van der Waals surface area contributed by atoms with Crippen LogP contribution in [0, 0.1) is 0 Å². The number of fused-ring (bicyclic) bond motifs is 1. The maximum Gasteiger partial charge on any atom is 0.255 e. The monoisotopic (exact) mass is 365 g/mol. The fourth-order valence-corrected chi connectivity index (χ4v) is 3.10. The van der Waals surface area contributed by atoms with Crippen molar-refractivity contribution in [2.24, 2.45) is 0 Å². The Morgan fingerprint density at radius 3 is 2.59 bits per heavy atom. The Hall–Kier alpha value is -3.15. The molecule has 0 aliphatic rings. The van der Waals surface area contributed by atoms with Crippen molar-refractivity contribution in [3.05, 3.63) is 59.9 Å². The van der Waals surface area contributed by atoms with Crippen LogP contribution >= 0.6 is 0 Å². The lowest BCUT2D eigenvalue weighted by atomic mass is 10.2. The first-order valence-corrected chi connectivity index (χ1v) is 8.90. The second-order valence-electron chi connectivity index (χ2n) is 6.38. The Kier molecular flexibility index (Phi) is 5.54. The van der Waals surface area contributed by atoms with Crippen LogP contribution in [0.5, 0.6) is 5.75 Å². The van der Waals surface area contributed by atoms with Gasteiger partial charge in [0.2, 0.25) is 0 Å². The summed E-state index contributed by atoms with van der Waals surface area (Å²) < 4.78 is 7.18. The van der Waals surface area contributed by atoms with E-state index in [1.54, 1.807) is 25.1 Å². The Bertz CT molecular complexity index is 978. The summed E-state index contributed by atoms with van der Waals surface area (Å²) in [6, 6.07) is 14.5. The van der Waals surface area contributed by atoms with Crippen molar-refractivity contribution >= 4 is 22.7 Å². The highest BCUT2D eigenvalue weighted by atomic mass is 16.5. The second-order valence-corrected chi connectivity index (χ2v) is 6.38. The molecule has 0 radical (unpaired) electrons. The van der Waals surface area contributed by atoms with Gasteiger partial charge in [0, 0.05) is 13.0 Å². The van der Waals surface area contributed by atoms with Gasteiger partial charge in [-0.3, -0.25) is 9.59 Å². The van der Waals surface area contributed by atoms with Crippen LogP contribution < -0.4 is 10.1 Å². The first-order chi connectivity index (χ1) is 13.0. The van der Waals surface area contributed by atoms with Gasteiger partial charge in [-0.2, -0.15) is 0 Å². The largest absolute Gasteiger partial charge is 0.496 e. The van der Waals surface area contributed by atoms with Crippen molar-refractivity contribution < 1.29 is 14.3 Å². The number of aromatic nitrogens is 2. The van der Waals surface area contributed by atoms with E-state index in [4.69, 9.17) is 4.74 Å². The van der Waals surface area contributed by atoms with E-state index in [1.165, 1.54) is 7.11 Å². The number of Topliss-reactive ketones (excluding diaryl/α,β-unsaturated/α-hetero) is 1. The normalized spacial score (nSPS) is 12.0. The molecule has 0 spiro atoms. The van der Waals surface area contributed by atoms with Crippen LogP contribution in [0.4, 0.5) is 0 Å². The van der Waals surface area contributed by atoms with Crippen molar-refractivity contribution in [3.63, 3.8) is 0 Å². The molecule has 0 bridgehead atoms. The zero-order chi connectivity index (χ0) is 19.4. The average molecular weight is 365 g/mol. The van der Waals surface area contributed by atoms with E-state index in [9.17, 15) is 9.59 Å². The van der Waals surface area contributed by atoms with Gasteiger partial charge in [-0.15, -0.1) is 0 Å². The lowest BCUT2D eigenvalue weighted by Gasteiger charge is -2.15. The van der Waals surface area contributed by atoms with E-state index in [0.717, 1.165) is 16.9 Å². The van der Waals surface area contributed by atoms with Crippen molar-refractivity contribution in [3.8, 4) is 5.75 Å². The van der Waals surface area contributed by atoms with E-state index in [1.807, 2.05) is 41.8 Å². The molecular weight excluding hydrogens is 342 g/mol. The summed E-state index contributed by atoms with van der Waals surface area (Å²) >= 11 is 0. The highest BCUT2D eigenvalue weighted by molar-refractivity contribution is 5.96. The summed E-state index contributed by atoms with van der Waals surface area (Å²) in [4.78, 5) is 29.0. The number of ketones is 1. The molecule has 0 saturated carbocycles. The number of nitrogens with one attached hydrogen (secondary N) is 1. The van der Waals surface area contributed by atoms with Gasteiger partial charge in [0.1, 0.15) is 11.6 Å². The summed E-state index contributed by atoms with van der Waals surface area (Å²) in [6.07, 6.45) is 0.521. The molecule has 1 unspecified atom stereocenters. The summed E-state index contributed by atoms with van der Waals surface area (Å²) in [5.41, 5.74) is 2.26. The van der Waals surface area contributed by atoms with Crippen LogP contribution in [-0.4, -0.2) is 34.9 Å². The molecule has 1 amide bonds. The molecule has 2 aromatic carbocycles. The first kappa shape index (κ1) is 18.6. The zero-order valence-electron chi connectivity index (χ0n) is 15.7. The molecule has 140 valence electrons. The lowest BCUT2D eigenvalue weighted by Crippen LogP contribution is -2.27. The average Bonchev–Trinajstić information content (AvgIpc) is 3.05. The Morgan fingerprint density at radius 2 is 1.85 bits per heavy atom. The minimum atomic E-state index is -0.308. The van der Waals surface area contributed by atoms with Crippen LogP contribution in [0.3, 0.4) is 0 Å². The van der Waals surface area contributed by atoms with Gasteiger partial charge >= 0.3 is 0 Å². The quantitative estimate of drug-likeness (QED) is 0.698. The molecule has 27 heavy (non-hydrogen) atoms. The fraction of sp³-hybridized carbons (Fsp3) is 0.286. The first-order valence-electron chi connectivity index (χ1n) is 8.90. The number of nitrogens with zero attached hydrogens (tertiary/aromatic N) is 2. The molecule has 0 fully saturated rings. The minimum Gasteiger partial charge on any atom is -0.496 e. The highest BCUT2D eigenvalue weighted by Gasteiger charge is 2.19. The summed E-state index contributed by atoms with van der Waals surface area (Å²) in [6.45, 7) is 3.85. The third-order valence-electron chi connectivity index (χ3n) is 4.63. The number of imidazole rings is 1. The molecule has 6 nitrogen and oxygen atoms in total. The predicted molar refractivity (Wildman–Crippen MR) is 104 cm³/mol. The summed E-state index contributed by atoms with van der Waals surface area (Å²) in [5.74, 6) is 1.18. The van der Waals surface area contributed by atoms with Gasteiger partial charge in [-0.1, -0.05) is 24.3 Å². The number of para-hydroxylation sites is 3. The number of methoxy groups -OCH3 is 1. The SMILES string of the molecule is COc1ccccc1C(=O)NCCc1nc2ccccc2n1C(C)C(C)=O. The number of ether oxygens (including phenoxy) is 1. The summed E-state index contributed by atoms with van der Waals surface area (Å²) in [5, 5.41) is 2.90. The lowest BCUT2D eigenvalue weighted by molar-refractivity contribution is -0.119. The number of rotatable bonds is 7. The fourth-order valence-electron chi connectivity index (χ4n) is 3.10. The highest BCUT2D eigenvalue weighted by Crippen LogP contribution is 2.22. The molecule has 0 aliphatic carbocycles. The van der Waals surface area contributed by atoms with Gasteiger partial charge in [-0.25, -0.2) is 4.98 Å². The zero-order valence-corrected chi connectivity index (χ0v) is 15.7. The van der Waals surface area contributed by atoms with Gasteiger partial charge < -0.3 is 14.6 Å². The van der Waals surface area contributed by atoms with Gasteiger partial charge in [0.15, 0.2) is 5.78 Å². The number of carbonyl (C=O) groups excluding carboxylic acids is 2. The second kappa shape index (κ2) is 8.03. The van der Waals surface area contributed by atoms with Crippen LogP contribution in [0.25, 0.3) is 11.0 Å². The number of hydrogen-bond acceptors (Lipinski definition) is 4. The molecule has 1 heterocycles. The molecule has 1 N–H and O–H groups in total. The van der Waals surface area contributed by atoms with E-state index >= 15 is 0 Å². The van der Waals surface area contributed by atoms with E-state index < -0.39 is 0 Å². The Labute approximate surface area is 158 Å². The van der Waals surface area contributed by atoms with Gasteiger partial charge in [0.25, 0.3) is 5.91 Å². The maximum absolute atomic E-state index is 12.4.